The van der Waals surface area contributed by atoms with Crippen LogP contribution in [0.25, 0.3) is 0 Å². The third-order valence-corrected chi connectivity index (χ3v) is 5.32. The third-order valence-electron chi connectivity index (χ3n) is 5.32. The summed E-state index contributed by atoms with van der Waals surface area (Å²) in [4.78, 5) is 27.9. The van der Waals surface area contributed by atoms with Crippen LogP contribution in [0.5, 0.6) is 5.75 Å². The summed E-state index contributed by atoms with van der Waals surface area (Å²) in [7, 11) is 1.67. The fourth-order valence-electron chi connectivity index (χ4n) is 3.57. The fraction of sp³-hybridized carbons (Fsp3) is 0.364. The van der Waals surface area contributed by atoms with Crippen molar-refractivity contribution in [3.8, 4) is 5.75 Å². The highest BCUT2D eigenvalue weighted by molar-refractivity contribution is 5.88. The van der Waals surface area contributed by atoms with Crippen LogP contribution < -0.4 is 4.74 Å². The number of benzene rings is 2. The lowest BCUT2D eigenvalue weighted by atomic mass is 10.0. The molecule has 1 N–H and O–H groups in total. The van der Waals surface area contributed by atoms with Crippen molar-refractivity contribution in [1.82, 2.24) is 9.80 Å². The summed E-state index contributed by atoms with van der Waals surface area (Å²) in [5, 5.41) is 9.09. The minimum Gasteiger partial charge on any atom is -0.497 e. The Bertz CT molecular complexity index is 844. The molecule has 1 atom stereocenters. The highest BCUT2D eigenvalue weighted by Gasteiger charge is 2.25. The maximum atomic E-state index is 12.6. The Morgan fingerprint density at radius 2 is 1.79 bits per heavy atom. The summed E-state index contributed by atoms with van der Waals surface area (Å²) < 4.78 is 5.31. The first-order chi connectivity index (χ1) is 13.5. The van der Waals surface area contributed by atoms with Crippen LogP contribution in [0.15, 0.2) is 48.5 Å². The van der Waals surface area contributed by atoms with Crippen molar-refractivity contribution in [1.29, 1.82) is 0 Å². The van der Waals surface area contributed by atoms with Crippen LogP contribution in [0.4, 0.5) is 0 Å². The summed E-state index contributed by atoms with van der Waals surface area (Å²) in [6.45, 7) is 5.12. The van der Waals surface area contributed by atoms with Gasteiger partial charge < -0.3 is 14.7 Å². The average Bonchev–Trinajstić information content (AvgIpc) is 2.73. The first kappa shape index (κ1) is 19.9. The maximum absolute atomic E-state index is 12.6. The Hall–Kier alpha value is -2.86. The molecule has 0 aliphatic carbocycles. The predicted molar refractivity (Wildman–Crippen MR) is 107 cm³/mol. The van der Waals surface area contributed by atoms with Crippen LogP contribution in [-0.4, -0.2) is 60.1 Å². The van der Waals surface area contributed by atoms with Crippen LogP contribution in [0.1, 0.15) is 34.5 Å². The van der Waals surface area contributed by atoms with Crippen molar-refractivity contribution in [2.75, 3.05) is 33.3 Å². The van der Waals surface area contributed by atoms with Crippen molar-refractivity contribution in [3.63, 3.8) is 0 Å². The second-order valence-electron chi connectivity index (χ2n) is 7.05. The molecule has 1 amide bonds. The lowest BCUT2D eigenvalue weighted by molar-refractivity contribution is -0.132. The van der Waals surface area contributed by atoms with Crippen LogP contribution in [0, 0.1) is 0 Å². The van der Waals surface area contributed by atoms with Crippen molar-refractivity contribution in [2.45, 2.75) is 19.4 Å². The number of aromatic carboxylic acids is 1. The van der Waals surface area contributed by atoms with E-state index in [9.17, 15) is 9.59 Å². The molecule has 0 spiro atoms. The second-order valence-corrected chi connectivity index (χ2v) is 7.05. The smallest absolute Gasteiger partial charge is 0.335 e. The molecule has 0 radical (unpaired) electrons. The van der Waals surface area contributed by atoms with Gasteiger partial charge in [0.25, 0.3) is 0 Å². The summed E-state index contributed by atoms with van der Waals surface area (Å²) in [6, 6.07) is 14.9. The Balaban J connectivity index is 1.56. The van der Waals surface area contributed by atoms with Crippen molar-refractivity contribution in [2.24, 2.45) is 0 Å². The van der Waals surface area contributed by atoms with Gasteiger partial charge in [0.1, 0.15) is 5.75 Å². The summed E-state index contributed by atoms with van der Waals surface area (Å²) >= 11 is 0. The zero-order valence-electron chi connectivity index (χ0n) is 16.3. The largest absolute Gasteiger partial charge is 0.497 e. The first-order valence-corrected chi connectivity index (χ1v) is 9.46. The Morgan fingerprint density at radius 1 is 1.07 bits per heavy atom. The Kier molecular flexibility index (Phi) is 6.31. The van der Waals surface area contributed by atoms with Crippen LogP contribution in [0.2, 0.25) is 0 Å². The number of carboxylic acids is 1. The van der Waals surface area contributed by atoms with Crippen molar-refractivity contribution >= 4 is 11.9 Å². The van der Waals surface area contributed by atoms with Gasteiger partial charge in [-0.1, -0.05) is 24.3 Å². The fourth-order valence-corrected chi connectivity index (χ4v) is 3.57. The van der Waals surface area contributed by atoms with E-state index in [1.807, 2.05) is 17.0 Å². The SMILES string of the molecule is COc1cccc(C(C)N2CCN(C(=O)Cc3cccc(C(=O)O)c3)CC2)c1. The van der Waals surface area contributed by atoms with Gasteiger partial charge in [0, 0.05) is 32.2 Å². The number of ether oxygens (including phenoxy) is 1. The molecule has 6 heteroatoms. The number of carbonyl (C=O) groups is 2. The van der Waals surface area contributed by atoms with Gasteiger partial charge in [-0.15, -0.1) is 0 Å². The van der Waals surface area contributed by atoms with E-state index in [0.717, 1.165) is 24.4 Å². The van der Waals surface area contributed by atoms with Gasteiger partial charge in [0.2, 0.25) is 5.91 Å². The van der Waals surface area contributed by atoms with Gasteiger partial charge in [0.15, 0.2) is 0 Å². The molecule has 1 aliphatic rings. The van der Waals surface area contributed by atoms with Gasteiger partial charge in [0.05, 0.1) is 19.1 Å². The van der Waals surface area contributed by atoms with E-state index in [-0.39, 0.29) is 23.9 Å². The number of carboxylic acid groups (broad SMARTS) is 1. The zero-order valence-corrected chi connectivity index (χ0v) is 16.3. The maximum Gasteiger partial charge on any atom is 0.335 e. The Labute approximate surface area is 165 Å². The van der Waals surface area contributed by atoms with E-state index in [1.165, 1.54) is 11.6 Å². The molecule has 2 aromatic carbocycles. The zero-order chi connectivity index (χ0) is 20.1. The van der Waals surface area contributed by atoms with E-state index in [1.54, 1.807) is 25.3 Å². The molecule has 1 unspecified atom stereocenters. The van der Waals surface area contributed by atoms with Crippen molar-refractivity contribution < 1.29 is 19.4 Å². The lowest BCUT2D eigenvalue weighted by Gasteiger charge is -2.38. The second kappa shape index (κ2) is 8.89. The number of hydrogen-bond acceptors (Lipinski definition) is 4. The normalized spacial score (nSPS) is 15.9. The summed E-state index contributed by atoms with van der Waals surface area (Å²) in [5.74, 6) is -0.0904. The number of rotatable bonds is 6. The molecule has 28 heavy (non-hydrogen) atoms. The molecule has 148 valence electrons. The molecular formula is C22H26N2O4. The molecule has 0 saturated carbocycles. The topological polar surface area (TPSA) is 70.1 Å². The minimum atomic E-state index is -0.977. The summed E-state index contributed by atoms with van der Waals surface area (Å²) in [6.07, 6.45) is 0.229. The van der Waals surface area contributed by atoms with E-state index in [0.29, 0.717) is 13.1 Å². The third kappa shape index (κ3) is 4.70. The summed E-state index contributed by atoms with van der Waals surface area (Å²) in [5.41, 5.74) is 2.14. The van der Waals surface area contributed by atoms with Gasteiger partial charge in [-0.25, -0.2) is 4.79 Å². The van der Waals surface area contributed by atoms with E-state index < -0.39 is 5.97 Å². The molecule has 1 heterocycles. The van der Waals surface area contributed by atoms with E-state index in [2.05, 4.69) is 24.0 Å². The molecule has 2 aromatic rings. The van der Waals surface area contributed by atoms with Crippen molar-refractivity contribution in [3.05, 3.63) is 65.2 Å². The monoisotopic (exact) mass is 382 g/mol. The van der Waals surface area contributed by atoms with Gasteiger partial charge in [-0.3, -0.25) is 9.69 Å². The molecule has 1 fully saturated rings. The van der Waals surface area contributed by atoms with Crippen LogP contribution in [0.3, 0.4) is 0 Å². The first-order valence-electron chi connectivity index (χ1n) is 9.46. The van der Waals surface area contributed by atoms with Crippen LogP contribution in [-0.2, 0) is 11.2 Å². The number of methoxy groups -OCH3 is 1. The van der Waals surface area contributed by atoms with E-state index in [4.69, 9.17) is 9.84 Å². The molecule has 3 rings (SSSR count). The molecular weight excluding hydrogens is 356 g/mol. The van der Waals surface area contributed by atoms with Gasteiger partial charge in [-0.2, -0.15) is 0 Å². The number of hydrogen-bond donors (Lipinski definition) is 1. The Morgan fingerprint density at radius 3 is 2.46 bits per heavy atom. The standard InChI is InChI=1S/C22H26N2O4/c1-16(18-6-4-8-20(15-18)28-2)23-9-11-24(12-10-23)21(25)14-17-5-3-7-19(13-17)22(26)27/h3-8,13,15-16H,9-12,14H2,1-2H3,(H,26,27). The predicted octanol–water partition coefficient (Wildman–Crippen LogP) is 2.84. The molecule has 1 saturated heterocycles. The highest BCUT2D eigenvalue weighted by Crippen LogP contribution is 2.25. The number of nitrogens with zero attached hydrogens (tertiary/aromatic N) is 2. The molecule has 6 nitrogen and oxygen atoms in total. The van der Waals surface area contributed by atoms with Crippen LogP contribution >= 0.6 is 0 Å². The molecule has 0 bridgehead atoms. The van der Waals surface area contributed by atoms with Gasteiger partial charge >= 0.3 is 5.97 Å². The highest BCUT2D eigenvalue weighted by atomic mass is 16.5. The lowest BCUT2D eigenvalue weighted by Crippen LogP contribution is -2.49. The van der Waals surface area contributed by atoms with E-state index >= 15 is 0 Å². The quantitative estimate of drug-likeness (QED) is 0.832. The number of amides is 1. The average molecular weight is 382 g/mol. The van der Waals surface area contributed by atoms with Gasteiger partial charge in [-0.05, 0) is 42.3 Å². The minimum absolute atomic E-state index is 0.0382. The number of carbonyl (C=O) groups excluding carboxylic acids is 1. The number of piperazine rings is 1. The molecule has 1 aliphatic heterocycles. The molecule has 0 aromatic heterocycles.